The minimum Gasteiger partial charge on any atom is -0.389 e. The Morgan fingerprint density at radius 1 is 1.31 bits per heavy atom. The highest BCUT2D eigenvalue weighted by Gasteiger charge is 2.30. The number of hydrogen-bond donors (Lipinski definition) is 1. The molecule has 0 amide bonds. The second kappa shape index (κ2) is 4.10. The molecule has 2 heteroatoms. The molecule has 0 spiro atoms. The van der Waals surface area contributed by atoms with Crippen molar-refractivity contribution in [3.8, 4) is 0 Å². The van der Waals surface area contributed by atoms with Gasteiger partial charge in [-0.15, -0.1) is 0 Å². The molecule has 1 N–H and O–H groups in total. The van der Waals surface area contributed by atoms with Crippen LogP contribution >= 0.6 is 0 Å². The van der Waals surface area contributed by atoms with E-state index < -0.39 is 0 Å². The molecule has 2 rings (SSSR count). The Kier molecular flexibility index (Phi) is 2.94. The predicted octanol–water partition coefficient (Wildman–Crippen LogP) is 3.07. The van der Waals surface area contributed by atoms with Crippen LogP contribution in [0, 0.1) is 0 Å². The molecule has 2 unspecified atom stereocenters. The summed E-state index contributed by atoms with van der Waals surface area (Å²) in [6.45, 7) is 9.59. The molecule has 88 valence electrons. The zero-order chi connectivity index (χ0) is 11.9. The van der Waals surface area contributed by atoms with Gasteiger partial charge in [0.1, 0.15) is 0 Å². The molecule has 1 aromatic carbocycles. The van der Waals surface area contributed by atoms with Gasteiger partial charge < -0.3 is 10.0 Å². The molecule has 1 aliphatic rings. The number of benzene rings is 1. The van der Waals surface area contributed by atoms with E-state index in [2.05, 4.69) is 37.8 Å². The fourth-order valence-corrected chi connectivity index (χ4v) is 2.60. The lowest BCUT2D eigenvalue weighted by atomic mass is 9.99. The minimum absolute atomic E-state index is 0.388. The summed E-state index contributed by atoms with van der Waals surface area (Å²) in [4.78, 5) is 2.40. The van der Waals surface area contributed by atoms with Crippen LogP contribution in [0.15, 0.2) is 18.2 Å². The Morgan fingerprint density at radius 3 is 2.56 bits per heavy atom. The summed E-state index contributed by atoms with van der Waals surface area (Å²) in [5, 5.41) is 9.85. The summed E-state index contributed by atoms with van der Waals surface area (Å²) >= 11 is 0. The number of para-hydroxylation sites is 1. The van der Waals surface area contributed by atoms with Crippen LogP contribution in [0.5, 0.6) is 0 Å². The van der Waals surface area contributed by atoms with Gasteiger partial charge in [0.25, 0.3) is 0 Å². The summed E-state index contributed by atoms with van der Waals surface area (Å²) in [6, 6.07) is 6.77. The van der Waals surface area contributed by atoms with Gasteiger partial charge in [-0.25, -0.2) is 0 Å². The van der Waals surface area contributed by atoms with Gasteiger partial charge in [-0.05, 0) is 26.3 Å². The lowest BCUT2D eigenvalue weighted by molar-refractivity contribution is 0.199. The predicted molar refractivity (Wildman–Crippen MR) is 68.0 cm³/mol. The van der Waals surface area contributed by atoms with Gasteiger partial charge in [0, 0.05) is 29.8 Å². The fraction of sp³-hybridized carbons (Fsp3) is 0.571. The van der Waals surface area contributed by atoms with Crippen LogP contribution in [0.25, 0.3) is 0 Å². The summed E-state index contributed by atoms with van der Waals surface area (Å²) in [5.74, 6) is 0.566. The molecule has 2 nitrogen and oxygen atoms in total. The van der Waals surface area contributed by atoms with E-state index in [9.17, 15) is 5.11 Å². The molecule has 0 saturated carbocycles. The quantitative estimate of drug-likeness (QED) is 0.826. The second-order valence-corrected chi connectivity index (χ2v) is 5.11. The van der Waals surface area contributed by atoms with Crippen LogP contribution in [0.3, 0.4) is 0 Å². The van der Waals surface area contributed by atoms with Crippen LogP contribution in [0.2, 0.25) is 0 Å². The first-order chi connectivity index (χ1) is 7.52. The zero-order valence-corrected chi connectivity index (χ0v) is 10.6. The fourth-order valence-electron chi connectivity index (χ4n) is 2.60. The SMILES string of the molecule is CC(O)c1cccc2c1N(C(C)C)CC2C. The van der Waals surface area contributed by atoms with Crippen molar-refractivity contribution in [1.29, 1.82) is 0 Å². The number of nitrogens with zero attached hydrogens (tertiary/aromatic N) is 1. The van der Waals surface area contributed by atoms with Crippen molar-refractivity contribution < 1.29 is 5.11 Å². The van der Waals surface area contributed by atoms with Gasteiger partial charge in [-0.3, -0.25) is 0 Å². The monoisotopic (exact) mass is 219 g/mol. The summed E-state index contributed by atoms with van der Waals surface area (Å²) in [5.41, 5.74) is 3.71. The van der Waals surface area contributed by atoms with Crippen molar-refractivity contribution in [3.05, 3.63) is 29.3 Å². The summed E-state index contributed by atoms with van der Waals surface area (Å²) in [7, 11) is 0. The molecule has 0 saturated heterocycles. The molecule has 1 aromatic rings. The highest BCUT2D eigenvalue weighted by Crippen LogP contribution is 2.41. The van der Waals surface area contributed by atoms with Crippen LogP contribution < -0.4 is 4.90 Å². The highest BCUT2D eigenvalue weighted by atomic mass is 16.3. The molecular formula is C14H21NO. The van der Waals surface area contributed by atoms with Crippen molar-refractivity contribution in [2.75, 3.05) is 11.4 Å². The zero-order valence-electron chi connectivity index (χ0n) is 10.6. The number of rotatable bonds is 2. The Hall–Kier alpha value is -1.02. The van der Waals surface area contributed by atoms with E-state index in [0.717, 1.165) is 12.1 Å². The Balaban J connectivity index is 2.54. The van der Waals surface area contributed by atoms with Crippen LogP contribution in [-0.4, -0.2) is 17.7 Å². The molecule has 0 fully saturated rings. The van der Waals surface area contributed by atoms with Crippen molar-refractivity contribution in [2.24, 2.45) is 0 Å². The lowest BCUT2D eigenvalue weighted by Crippen LogP contribution is -2.30. The van der Waals surface area contributed by atoms with Crippen molar-refractivity contribution in [3.63, 3.8) is 0 Å². The number of fused-ring (bicyclic) bond motifs is 1. The maximum atomic E-state index is 9.85. The first kappa shape index (κ1) is 11.5. The van der Waals surface area contributed by atoms with Crippen LogP contribution in [0.1, 0.15) is 50.8 Å². The topological polar surface area (TPSA) is 23.5 Å². The van der Waals surface area contributed by atoms with Crippen molar-refractivity contribution in [1.82, 2.24) is 0 Å². The Bertz CT molecular complexity index is 384. The lowest BCUT2D eigenvalue weighted by Gasteiger charge is -2.27. The van der Waals surface area contributed by atoms with E-state index >= 15 is 0 Å². The smallest absolute Gasteiger partial charge is 0.0782 e. The number of anilines is 1. The third-order valence-corrected chi connectivity index (χ3v) is 3.46. The Labute approximate surface area is 97.9 Å². The van der Waals surface area contributed by atoms with E-state index in [0.29, 0.717) is 12.0 Å². The molecule has 2 atom stereocenters. The van der Waals surface area contributed by atoms with Crippen LogP contribution in [0.4, 0.5) is 5.69 Å². The maximum Gasteiger partial charge on any atom is 0.0782 e. The van der Waals surface area contributed by atoms with Crippen LogP contribution in [-0.2, 0) is 0 Å². The minimum atomic E-state index is -0.388. The standard InChI is InChI=1S/C14H21NO/c1-9(2)15-8-10(3)12-6-5-7-13(11(4)16)14(12)15/h5-7,9-11,16H,8H2,1-4H3. The van der Waals surface area contributed by atoms with Gasteiger partial charge in [0.05, 0.1) is 6.10 Å². The van der Waals surface area contributed by atoms with Crippen molar-refractivity contribution >= 4 is 5.69 Å². The molecule has 0 aromatic heterocycles. The summed E-state index contributed by atoms with van der Waals surface area (Å²) in [6.07, 6.45) is -0.388. The molecular weight excluding hydrogens is 198 g/mol. The summed E-state index contributed by atoms with van der Waals surface area (Å²) < 4.78 is 0. The highest BCUT2D eigenvalue weighted by molar-refractivity contribution is 5.66. The molecule has 1 aliphatic heterocycles. The molecule has 0 radical (unpaired) electrons. The maximum absolute atomic E-state index is 9.85. The second-order valence-electron chi connectivity index (χ2n) is 5.11. The first-order valence-corrected chi connectivity index (χ1v) is 6.10. The van der Waals surface area contributed by atoms with Gasteiger partial charge in [0.15, 0.2) is 0 Å². The van der Waals surface area contributed by atoms with Gasteiger partial charge in [-0.1, -0.05) is 25.1 Å². The van der Waals surface area contributed by atoms with E-state index in [4.69, 9.17) is 0 Å². The largest absolute Gasteiger partial charge is 0.389 e. The average Bonchev–Trinajstić information content (AvgIpc) is 2.56. The number of aliphatic hydroxyl groups is 1. The molecule has 0 aliphatic carbocycles. The Morgan fingerprint density at radius 2 is 2.00 bits per heavy atom. The van der Waals surface area contributed by atoms with E-state index in [1.165, 1.54) is 11.3 Å². The van der Waals surface area contributed by atoms with Gasteiger partial charge in [-0.2, -0.15) is 0 Å². The number of aliphatic hydroxyl groups excluding tert-OH is 1. The van der Waals surface area contributed by atoms with E-state index in [1.54, 1.807) is 0 Å². The van der Waals surface area contributed by atoms with Gasteiger partial charge >= 0.3 is 0 Å². The molecule has 0 bridgehead atoms. The normalized spacial score (nSPS) is 21.4. The average molecular weight is 219 g/mol. The van der Waals surface area contributed by atoms with E-state index in [-0.39, 0.29) is 6.10 Å². The van der Waals surface area contributed by atoms with E-state index in [1.807, 2.05) is 13.0 Å². The molecule has 16 heavy (non-hydrogen) atoms. The molecule has 1 heterocycles. The number of hydrogen-bond acceptors (Lipinski definition) is 2. The third kappa shape index (κ3) is 1.71. The first-order valence-electron chi connectivity index (χ1n) is 6.10. The third-order valence-electron chi connectivity index (χ3n) is 3.46. The van der Waals surface area contributed by atoms with Crippen molar-refractivity contribution in [2.45, 2.75) is 45.8 Å². The van der Waals surface area contributed by atoms with Gasteiger partial charge in [0.2, 0.25) is 0 Å².